The van der Waals surface area contributed by atoms with Crippen LogP contribution in [0.2, 0.25) is 0 Å². The van der Waals surface area contributed by atoms with Gasteiger partial charge in [0, 0.05) is 6.04 Å². The zero-order valence-electron chi connectivity index (χ0n) is 16.1. The number of hydrogen-bond acceptors (Lipinski definition) is 5. The van der Waals surface area contributed by atoms with Crippen LogP contribution in [-0.2, 0) is 14.8 Å². The molecule has 8 heteroatoms. The van der Waals surface area contributed by atoms with Crippen molar-refractivity contribution in [1.82, 2.24) is 10.0 Å². The van der Waals surface area contributed by atoms with Crippen molar-refractivity contribution in [2.75, 3.05) is 19.1 Å². The number of hydrogen-bond donors (Lipinski definition) is 2. The van der Waals surface area contributed by atoms with E-state index < -0.39 is 16.1 Å². The molecule has 152 valence electrons. The molecule has 1 aliphatic rings. The maximum absolute atomic E-state index is 12.9. The third-order valence-corrected chi connectivity index (χ3v) is 6.94. The molecule has 0 radical (unpaired) electrons. The summed E-state index contributed by atoms with van der Waals surface area (Å²) in [7, 11) is -2.44. The van der Waals surface area contributed by atoms with Gasteiger partial charge in [0.1, 0.15) is 16.7 Å². The largest absolute Gasteiger partial charge is 0.495 e. The second-order valence-electron chi connectivity index (χ2n) is 6.80. The fourth-order valence-corrected chi connectivity index (χ4v) is 5.17. The first-order chi connectivity index (χ1) is 13.0. The predicted molar refractivity (Wildman–Crippen MR) is 110 cm³/mol. The minimum absolute atomic E-state index is 0.0453. The molecule has 0 saturated heterocycles. The molecule has 1 aromatic rings. The highest BCUT2D eigenvalue weighted by Crippen LogP contribution is 2.23. The lowest BCUT2D eigenvalue weighted by Gasteiger charge is -2.23. The number of thioether (sulfide) groups is 1. The average molecular weight is 415 g/mol. The number of sulfonamides is 1. The van der Waals surface area contributed by atoms with Gasteiger partial charge in [0.05, 0.1) is 7.11 Å². The van der Waals surface area contributed by atoms with E-state index in [9.17, 15) is 13.2 Å². The molecular formula is C19H30N2O4S2. The summed E-state index contributed by atoms with van der Waals surface area (Å²) in [6.45, 7) is 0. The lowest BCUT2D eigenvalue weighted by Crippen LogP contribution is -2.49. The monoisotopic (exact) mass is 414 g/mol. The molecular weight excluding hydrogens is 384 g/mol. The third kappa shape index (κ3) is 6.69. The van der Waals surface area contributed by atoms with E-state index in [0.29, 0.717) is 12.2 Å². The quantitative estimate of drug-likeness (QED) is 0.607. The van der Waals surface area contributed by atoms with E-state index in [2.05, 4.69) is 10.0 Å². The Bertz CT molecular complexity index is 701. The predicted octanol–water partition coefficient (Wildman–Crippen LogP) is 2.93. The molecule has 1 aromatic carbocycles. The maximum Gasteiger partial charge on any atom is 0.244 e. The Morgan fingerprint density at radius 2 is 1.89 bits per heavy atom. The zero-order chi connectivity index (χ0) is 19.7. The molecule has 6 nitrogen and oxygen atoms in total. The van der Waals surface area contributed by atoms with E-state index >= 15 is 0 Å². The summed E-state index contributed by atoms with van der Waals surface area (Å²) in [6, 6.07) is 5.76. The Kier molecular flexibility index (Phi) is 8.92. The van der Waals surface area contributed by atoms with Crippen LogP contribution in [-0.4, -0.2) is 45.5 Å². The van der Waals surface area contributed by atoms with Crippen LogP contribution in [0.1, 0.15) is 44.9 Å². The van der Waals surface area contributed by atoms with E-state index in [4.69, 9.17) is 4.74 Å². The van der Waals surface area contributed by atoms with Crippen molar-refractivity contribution in [1.29, 1.82) is 0 Å². The van der Waals surface area contributed by atoms with Gasteiger partial charge in [0.2, 0.25) is 15.9 Å². The summed E-state index contributed by atoms with van der Waals surface area (Å²) in [4.78, 5) is 12.9. The molecule has 1 saturated carbocycles. The fourth-order valence-electron chi connectivity index (χ4n) is 3.30. The standard InChI is InChI=1S/C19H30N2O4S2/c1-25-17-11-7-8-12-18(17)27(23,24)21-16(13-14-26-2)19(22)20-15-9-5-3-4-6-10-15/h7-8,11-12,15-16,21H,3-6,9-10,13-14H2,1-2H3,(H,20,22)/t16-/m0/s1. The molecule has 0 spiro atoms. The molecule has 2 rings (SSSR count). The molecule has 0 aliphatic heterocycles. The highest BCUT2D eigenvalue weighted by atomic mass is 32.2. The van der Waals surface area contributed by atoms with Gasteiger partial charge in [-0.15, -0.1) is 0 Å². The van der Waals surface area contributed by atoms with Crippen LogP contribution in [0.25, 0.3) is 0 Å². The highest BCUT2D eigenvalue weighted by molar-refractivity contribution is 7.98. The Labute approximate surface area is 166 Å². The number of amides is 1. The number of rotatable bonds is 9. The summed E-state index contributed by atoms with van der Waals surface area (Å²) >= 11 is 1.59. The Balaban J connectivity index is 2.13. The van der Waals surface area contributed by atoms with Crippen LogP contribution >= 0.6 is 11.8 Å². The average Bonchev–Trinajstić information content (AvgIpc) is 2.93. The molecule has 1 amide bonds. The zero-order valence-corrected chi connectivity index (χ0v) is 17.7. The van der Waals surface area contributed by atoms with Gasteiger partial charge in [0.15, 0.2) is 0 Å². The topological polar surface area (TPSA) is 84.5 Å². The Morgan fingerprint density at radius 1 is 1.22 bits per heavy atom. The van der Waals surface area contributed by atoms with Gasteiger partial charge in [-0.2, -0.15) is 16.5 Å². The summed E-state index contributed by atoms with van der Waals surface area (Å²) in [5, 5.41) is 3.06. The van der Waals surface area contributed by atoms with Gasteiger partial charge in [-0.1, -0.05) is 37.8 Å². The van der Waals surface area contributed by atoms with Crippen LogP contribution in [0.5, 0.6) is 5.75 Å². The summed E-state index contributed by atoms with van der Waals surface area (Å²) in [6.07, 6.45) is 8.90. The third-order valence-electron chi connectivity index (χ3n) is 4.78. The molecule has 0 aromatic heterocycles. The first-order valence-corrected chi connectivity index (χ1v) is 12.3. The van der Waals surface area contributed by atoms with Crippen molar-refractivity contribution in [2.24, 2.45) is 0 Å². The second kappa shape index (κ2) is 10.9. The van der Waals surface area contributed by atoms with Gasteiger partial charge >= 0.3 is 0 Å². The number of benzene rings is 1. The van der Waals surface area contributed by atoms with E-state index in [1.807, 2.05) is 6.26 Å². The lowest BCUT2D eigenvalue weighted by atomic mass is 10.1. The van der Waals surface area contributed by atoms with Gasteiger partial charge < -0.3 is 10.1 Å². The van der Waals surface area contributed by atoms with Gasteiger partial charge in [-0.05, 0) is 43.4 Å². The molecule has 0 heterocycles. The number of ether oxygens (including phenoxy) is 1. The van der Waals surface area contributed by atoms with E-state index in [1.165, 1.54) is 26.0 Å². The van der Waals surface area contributed by atoms with Crippen molar-refractivity contribution in [3.8, 4) is 5.75 Å². The van der Waals surface area contributed by atoms with Crippen molar-refractivity contribution >= 4 is 27.7 Å². The Hall–Kier alpha value is -1.25. The SMILES string of the molecule is COc1ccccc1S(=O)(=O)N[C@@H](CCSC)C(=O)NC1CCCCCC1. The van der Waals surface area contributed by atoms with Gasteiger partial charge in [-0.3, -0.25) is 4.79 Å². The van der Waals surface area contributed by atoms with Crippen LogP contribution < -0.4 is 14.8 Å². The minimum atomic E-state index is -3.87. The lowest BCUT2D eigenvalue weighted by molar-refractivity contribution is -0.123. The summed E-state index contributed by atoms with van der Waals surface area (Å²) in [5.41, 5.74) is 0. The van der Waals surface area contributed by atoms with Crippen LogP contribution in [0, 0.1) is 0 Å². The van der Waals surface area contributed by atoms with Crippen LogP contribution in [0.4, 0.5) is 0 Å². The number of methoxy groups -OCH3 is 1. The molecule has 27 heavy (non-hydrogen) atoms. The summed E-state index contributed by atoms with van der Waals surface area (Å²) in [5.74, 6) is 0.712. The fraction of sp³-hybridized carbons (Fsp3) is 0.632. The first-order valence-electron chi connectivity index (χ1n) is 9.42. The van der Waals surface area contributed by atoms with Crippen LogP contribution in [0.15, 0.2) is 29.2 Å². The molecule has 1 atom stereocenters. The van der Waals surface area contributed by atoms with Crippen molar-refractivity contribution in [3.63, 3.8) is 0 Å². The van der Waals surface area contributed by atoms with E-state index in [1.54, 1.807) is 30.0 Å². The highest BCUT2D eigenvalue weighted by Gasteiger charge is 2.28. The molecule has 1 fully saturated rings. The van der Waals surface area contributed by atoms with Gasteiger partial charge in [0.25, 0.3) is 0 Å². The smallest absolute Gasteiger partial charge is 0.244 e. The molecule has 2 N–H and O–H groups in total. The maximum atomic E-state index is 12.9. The van der Waals surface area contributed by atoms with E-state index in [-0.39, 0.29) is 22.6 Å². The van der Waals surface area contributed by atoms with Crippen LogP contribution in [0.3, 0.4) is 0 Å². The van der Waals surface area contributed by atoms with Gasteiger partial charge in [-0.25, -0.2) is 8.42 Å². The number of para-hydroxylation sites is 1. The summed E-state index contributed by atoms with van der Waals surface area (Å²) < 4.78 is 33.5. The number of nitrogens with one attached hydrogen (secondary N) is 2. The van der Waals surface area contributed by atoms with E-state index in [0.717, 1.165) is 25.7 Å². The second-order valence-corrected chi connectivity index (χ2v) is 9.47. The Morgan fingerprint density at radius 3 is 2.52 bits per heavy atom. The number of carbonyl (C=O) groups excluding carboxylic acids is 1. The minimum Gasteiger partial charge on any atom is -0.495 e. The number of carbonyl (C=O) groups is 1. The van der Waals surface area contributed by atoms with Crippen molar-refractivity contribution < 1.29 is 17.9 Å². The van der Waals surface area contributed by atoms with Crippen molar-refractivity contribution in [2.45, 2.75) is 61.9 Å². The molecule has 0 bridgehead atoms. The molecule has 1 aliphatic carbocycles. The normalized spacial score (nSPS) is 17.1. The molecule has 0 unspecified atom stereocenters. The van der Waals surface area contributed by atoms with Crippen molar-refractivity contribution in [3.05, 3.63) is 24.3 Å². The first kappa shape index (κ1) is 22.0.